The first-order valence-electron chi connectivity index (χ1n) is 8.42. The second-order valence-corrected chi connectivity index (χ2v) is 7.31. The van der Waals surface area contributed by atoms with Gasteiger partial charge >= 0.3 is 6.09 Å². The second-order valence-electron chi connectivity index (χ2n) is 7.31. The normalized spacial score (nSPS) is 18.8. The standard InChI is InChI=1S/C17H25N5O2/c1-17(2,3)24-16(23)21-10-5-4-7-12(21)11-22-14-9-6-8-13(18)15(14)19-20-22/h6,8-9,12H,4-5,7,10-11,18H2,1-3H3. The maximum atomic E-state index is 12.5. The molecule has 0 saturated carbocycles. The first kappa shape index (κ1) is 16.5. The van der Waals surface area contributed by atoms with Crippen molar-refractivity contribution in [2.45, 2.75) is 58.2 Å². The third-order valence-electron chi connectivity index (χ3n) is 4.22. The molecule has 1 aromatic heterocycles. The molecule has 2 heterocycles. The van der Waals surface area contributed by atoms with E-state index in [9.17, 15) is 4.79 Å². The largest absolute Gasteiger partial charge is 0.444 e. The van der Waals surface area contributed by atoms with Crippen LogP contribution in [0, 0.1) is 0 Å². The van der Waals surface area contributed by atoms with Gasteiger partial charge in [-0.05, 0) is 52.2 Å². The zero-order valence-electron chi connectivity index (χ0n) is 14.5. The molecule has 7 heteroatoms. The number of nitrogens with two attached hydrogens (primary N) is 1. The molecule has 3 rings (SSSR count). The van der Waals surface area contributed by atoms with Crippen LogP contribution in [-0.4, -0.2) is 44.2 Å². The van der Waals surface area contributed by atoms with Crippen molar-refractivity contribution >= 4 is 22.8 Å². The molecular formula is C17H25N5O2. The van der Waals surface area contributed by atoms with E-state index in [0.29, 0.717) is 24.3 Å². The summed E-state index contributed by atoms with van der Waals surface area (Å²) >= 11 is 0. The molecular weight excluding hydrogens is 306 g/mol. The first-order valence-corrected chi connectivity index (χ1v) is 8.42. The first-order chi connectivity index (χ1) is 11.3. The molecule has 1 saturated heterocycles. The Morgan fingerprint density at radius 1 is 1.38 bits per heavy atom. The number of likely N-dealkylation sites (tertiary alicyclic amines) is 1. The number of carbonyl (C=O) groups excluding carboxylic acids is 1. The number of carbonyl (C=O) groups is 1. The smallest absolute Gasteiger partial charge is 0.410 e. The zero-order chi connectivity index (χ0) is 17.3. The van der Waals surface area contributed by atoms with Crippen molar-refractivity contribution < 1.29 is 9.53 Å². The molecule has 1 aliphatic rings. The van der Waals surface area contributed by atoms with Crippen LogP contribution in [0.2, 0.25) is 0 Å². The predicted octanol–water partition coefficient (Wildman–Crippen LogP) is 2.80. The second kappa shape index (κ2) is 6.30. The van der Waals surface area contributed by atoms with Crippen molar-refractivity contribution in [3.8, 4) is 0 Å². The Morgan fingerprint density at radius 3 is 2.92 bits per heavy atom. The highest BCUT2D eigenvalue weighted by Gasteiger charge is 2.31. The minimum atomic E-state index is -0.493. The van der Waals surface area contributed by atoms with Gasteiger partial charge in [-0.25, -0.2) is 9.48 Å². The Bertz CT molecular complexity index is 734. The van der Waals surface area contributed by atoms with E-state index in [1.54, 1.807) is 0 Å². The fourth-order valence-corrected chi connectivity index (χ4v) is 3.10. The molecule has 1 aliphatic heterocycles. The summed E-state index contributed by atoms with van der Waals surface area (Å²) in [5.74, 6) is 0. The lowest BCUT2D eigenvalue weighted by Crippen LogP contribution is -2.48. The predicted molar refractivity (Wildman–Crippen MR) is 92.5 cm³/mol. The van der Waals surface area contributed by atoms with Crippen LogP contribution in [0.3, 0.4) is 0 Å². The van der Waals surface area contributed by atoms with Gasteiger partial charge in [0.1, 0.15) is 11.1 Å². The van der Waals surface area contributed by atoms with Gasteiger partial charge in [0.15, 0.2) is 0 Å². The van der Waals surface area contributed by atoms with Gasteiger partial charge in [-0.2, -0.15) is 0 Å². The van der Waals surface area contributed by atoms with Crippen LogP contribution < -0.4 is 5.73 Å². The molecule has 1 fully saturated rings. The van der Waals surface area contributed by atoms with Crippen molar-refractivity contribution in [1.82, 2.24) is 19.9 Å². The molecule has 1 amide bonds. The molecule has 0 spiro atoms. The fourth-order valence-electron chi connectivity index (χ4n) is 3.10. The Labute approximate surface area is 141 Å². The molecule has 0 bridgehead atoms. The number of piperidine rings is 1. The monoisotopic (exact) mass is 331 g/mol. The van der Waals surface area contributed by atoms with E-state index in [0.717, 1.165) is 24.8 Å². The number of hydrogen-bond donors (Lipinski definition) is 1. The van der Waals surface area contributed by atoms with Crippen LogP contribution in [0.25, 0.3) is 11.0 Å². The Balaban J connectivity index is 1.80. The lowest BCUT2D eigenvalue weighted by atomic mass is 10.0. The molecule has 0 radical (unpaired) electrons. The Hall–Kier alpha value is -2.31. The number of aromatic nitrogens is 3. The summed E-state index contributed by atoms with van der Waals surface area (Å²) in [6.07, 6.45) is 2.78. The fraction of sp³-hybridized carbons (Fsp3) is 0.588. The van der Waals surface area contributed by atoms with E-state index in [4.69, 9.17) is 10.5 Å². The van der Waals surface area contributed by atoms with Crippen molar-refractivity contribution in [3.05, 3.63) is 18.2 Å². The van der Waals surface area contributed by atoms with Gasteiger partial charge in [0.2, 0.25) is 0 Å². The molecule has 130 valence electrons. The number of amides is 1. The minimum absolute atomic E-state index is 0.0555. The number of nitrogens with zero attached hydrogens (tertiary/aromatic N) is 4. The summed E-state index contributed by atoms with van der Waals surface area (Å²) in [6.45, 7) is 6.97. The van der Waals surface area contributed by atoms with Gasteiger partial charge in [-0.3, -0.25) is 0 Å². The number of benzene rings is 1. The van der Waals surface area contributed by atoms with E-state index < -0.39 is 5.60 Å². The molecule has 2 N–H and O–H groups in total. The van der Waals surface area contributed by atoms with E-state index >= 15 is 0 Å². The Morgan fingerprint density at radius 2 is 2.17 bits per heavy atom. The molecule has 1 aromatic carbocycles. The summed E-state index contributed by atoms with van der Waals surface area (Å²) in [6, 6.07) is 5.71. The molecule has 7 nitrogen and oxygen atoms in total. The van der Waals surface area contributed by atoms with E-state index in [1.165, 1.54) is 0 Å². The maximum absolute atomic E-state index is 12.5. The average molecular weight is 331 g/mol. The summed E-state index contributed by atoms with van der Waals surface area (Å²) < 4.78 is 7.39. The summed E-state index contributed by atoms with van der Waals surface area (Å²) in [5.41, 5.74) is 7.67. The summed E-state index contributed by atoms with van der Waals surface area (Å²) in [4.78, 5) is 14.3. The van der Waals surface area contributed by atoms with Gasteiger partial charge in [-0.1, -0.05) is 11.3 Å². The van der Waals surface area contributed by atoms with Crippen LogP contribution >= 0.6 is 0 Å². The number of nitrogen functional groups attached to an aromatic ring is 1. The van der Waals surface area contributed by atoms with Crippen LogP contribution in [0.4, 0.5) is 10.5 Å². The average Bonchev–Trinajstić information content (AvgIpc) is 2.91. The third kappa shape index (κ3) is 3.44. The highest BCUT2D eigenvalue weighted by Crippen LogP contribution is 2.24. The number of anilines is 1. The molecule has 24 heavy (non-hydrogen) atoms. The van der Waals surface area contributed by atoms with Crippen LogP contribution in [0.15, 0.2) is 18.2 Å². The lowest BCUT2D eigenvalue weighted by Gasteiger charge is -2.36. The molecule has 2 aromatic rings. The lowest BCUT2D eigenvalue weighted by molar-refractivity contribution is 0.00748. The van der Waals surface area contributed by atoms with Gasteiger partial charge in [0.25, 0.3) is 0 Å². The topological polar surface area (TPSA) is 86.3 Å². The summed E-state index contributed by atoms with van der Waals surface area (Å²) in [7, 11) is 0. The van der Waals surface area contributed by atoms with E-state index in [-0.39, 0.29) is 12.1 Å². The number of fused-ring (bicyclic) bond motifs is 1. The van der Waals surface area contributed by atoms with Crippen molar-refractivity contribution in [3.63, 3.8) is 0 Å². The maximum Gasteiger partial charge on any atom is 0.410 e. The Kier molecular flexibility index (Phi) is 4.34. The van der Waals surface area contributed by atoms with Crippen molar-refractivity contribution in [1.29, 1.82) is 0 Å². The highest BCUT2D eigenvalue weighted by atomic mass is 16.6. The van der Waals surface area contributed by atoms with Gasteiger partial charge < -0.3 is 15.4 Å². The zero-order valence-corrected chi connectivity index (χ0v) is 14.5. The molecule has 1 atom stereocenters. The minimum Gasteiger partial charge on any atom is -0.444 e. The third-order valence-corrected chi connectivity index (χ3v) is 4.22. The summed E-state index contributed by atoms with van der Waals surface area (Å²) in [5, 5.41) is 8.39. The van der Waals surface area contributed by atoms with Gasteiger partial charge in [0.05, 0.1) is 23.8 Å². The van der Waals surface area contributed by atoms with Crippen LogP contribution in [0.1, 0.15) is 40.0 Å². The molecule has 0 aliphatic carbocycles. The quantitative estimate of drug-likeness (QED) is 0.855. The van der Waals surface area contributed by atoms with Gasteiger partial charge in [-0.15, -0.1) is 5.10 Å². The van der Waals surface area contributed by atoms with E-state index in [1.807, 2.05) is 48.6 Å². The highest BCUT2D eigenvalue weighted by molar-refractivity contribution is 5.86. The van der Waals surface area contributed by atoms with E-state index in [2.05, 4.69) is 10.3 Å². The van der Waals surface area contributed by atoms with Crippen LogP contribution in [-0.2, 0) is 11.3 Å². The SMILES string of the molecule is CC(C)(C)OC(=O)N1CCCCC1Cn1nnc2c(N)cccc21. The number of hydrogen-bond acceptors (Lipinski definition) is 5. The van der Waals surface area contributed by atoms with Crippen molar-refractivity contribution in [2.75, 3.05) is 12.3 Å². The molecule has 1 unspecified atom stereocenters. The van der Waals surface area contributed by atoms with Crippen LogP contribution in [0.5, 0.6) is 0 Å². The van der Waals surface area contributed by atoms with Crippen molar-refractivity contribution in [2.24, 2.45) is 0 Å². The van der Waals surface area contributed by atoms with Gasteiger partial charge in [0, 0.05) is 6.54 Å². The number of ether oxygens (including phenoxy) is 1. The number of rotatable bonds is 2.